The third-order valence-electron chi connectivity index (χ3n) is 1.90. The molecular formula is C11H11F3N2O. The van der Waals surface area contributed by atoms with Crippen molar-refractivity contribution < 1.29 is 17.9 Å². The maximum Gasteiger partial charge on any atom is 0.573 e. The molecule has 0 aliphatic rings. The van der Waals surface area contributed by atoms with Gasteiger partial charge in [0.15, 0.2) is 0 Å². The summed E-state index contributed by atoms with van der Waals surface area (Å²) in [5.41, 5.74) is 0.831. The van der Waals surface area contributed by atoms with Crippen LogP contribution in [0.1, 0.15) is 12.0 Å². The van der Waals surface area contributed by atoms with Crippen LogP contribution in [0.4, 0.5) is 13.2 Å². The zero-order chi connectivity index (χ0) is 12.7. The Kier molecular flexibility index (Phi) is 4.79. The van der Waals surface area contributed by atoms with Gasteiger partial charge in [-0.2, -0.15) is 5.26 Å². The Balaban J connectivity index is 2.43. The van der Waals surface area contributed by atoms with Crippen molar-refractivity contribution in [2.45, 2.75) is 19.3 Å². The standard InChI is InChI=1S/C11H11F3N2O/c12-11(13,14)17-10-4-2-9(3-5-10)8-16-7-1-6-15/h2-5,16H,1,7-8H2. The van der Waals surface area contributed by atoms with Gasteiger partial charge in [0.1, 0.15) is 5.75 Å². The third-order valence-corrected chi connectivity index (χ3v) is 1.90. The predicted octanol–water partition coefficient (Wildman–Crippen LogP) is 2.59. The second-order valence-electron chi connectivity index (χ2n) is 3.28. The number of nitriles is 1. The number of nitrogens with zero attached hydrogens (tertiary/aromatic N) is 1. The molecule has 0 fully saturated rings. The van der Waals surface area contributed by atoms with E-state index in [1.807, 2.05) is 6.07 Å². The number of alkyl halides is 3. The lowest BCUT2D eigenvalue weighted by atomic mass is 10.2. The summed E-state index contributed by atoms with van der Waals surface area (Å²) in [7, 11) is 0. The Morgan fingerprint density at radius 1 is 1.24 bits per heavy atom. The van der Waals surface area contributed by atoms with Crippen LogP contribution in [0.2, 0.25) is 0 Å². The molecule has 0 spiro atoms. The molecule has 1 aromatic carbocycles. The molecule has 17 heavy (non-hydrogen) atoms. The van der Waals surface area contributed by atoms with Crippen molar-refractivity contribution in [3.63, 3.8) is 0 Å². The Morgan fingerprint density at radius 3 is 2.41 bits per heavy atom. The second-order valence-corrected chi connectivity index (χ2v) is 3.28. The molecule has 1 N–H and O–H groups in total. The van der Waals surface area contributed by atoms with Crippen LogP contribution >= 0.6 is 0 Å². The highest BCUT2D eigenvalue weighted by Crippen LogP contribution is 2.22. The van der Waals surface area contributed by atoms with Gasteiger partial charge >= 0.3 is 6.36 Å². The summed E-state index contributed by atoms with van der Waals surface area (Å²) in [6.07, 6.45) is -4.26. The topological polar surface area (TPSA) is 45.0 Å². The van der Waals surface area contributed by atoms with Crippen molar-refractivity contribution in [2.75, 3.05) is 6.54 Å². The average molecular weight is 244 g/mol. The Hall–Kier alpha value is -1.74. The van der Waals surface area contributed by atoms with Crippen LogP contribution in [0.5, 0.6) is 5.75 Å². The lowest BCUT2D eigenvalue weighted by molar-refractivity contribution is -0.274. The van der Waals surface area contributed by atoms with Gasteiger partial charge in [0.25, 0.3) is 0 Å². The highest BCUT2D eigenvalue weighted by atomic mass is 19.4. The summed E-state index contributed by atoms with van der Waals surface area (Å²) in [6, 6.07) is 7.58. The largest absolute Gasteiger partial charge is 0.573 e. The number of ether oxygens (including phenoxy) is 1. The van der Waals surface area contributed by atoms with Crippen LogP contribution in [0, 0.1) is 11.3 Å². The molecule has 0 saturated carbocycles. The lowest BCUT2D eigenvalue weighted by Gasteiger charge is -2.09. The van der Waals surface area contributed by atoms with Crippen LogP contribution in [-0.2, 0) is 6.54 Å². The van der Waals surface area contributed by atoms with Gasteiger partial charge in [-0.25, -0.2) is 0 Å². The fourth-order valence-corrected chi connectivity index (χ4v) is 1.19. The Labute approximate surface area is 96.8 Å². The second kappa shape index (κ2) is 6.11. The summed E-state index contributed by atoms with van der Waals surface area (Å²) in [4.78, 5) is 0. The summed E-state index contributed by atoms with van der Waals surface area (Å²) >= 11 is 0. The van der Waals surface area contributed by atoms with Gasteiger partial charge < -0.3 is 10.1 Å². The Morgan fingerprint density at radius 2 is 1.88 bits per heavy atom. The molecule has 6 heteroatoms. The number of nitrogens with one attached hydrogen (secondary N) is 1. The molecule has 0 heterocycles. The van der Waals surface area contributed by atoms with Crippen molar-refractivity contribution in [2.24, 2.45) is 0 Å². The molecule has 0 atom stereocenters. The van der Waals surface area contributed by atoms with Crippen LogP contribution in [0.3, 0.4) is 0 Å². The van der Waals surface area contributed by atoms with Crippen molar-refractivity contribution in [1.82, 2.24) is 5.32 Å². The van der Waals surface area contributed by atoms with E-state index in [0.717, 1.165) is 5.56 Å². The van der Waals surface area contributed by atoms with Crippen LogP contribution in [0.15, 0.2) is 24.3 Å². The normalized spacial score (nSPS) is 10.9. The molecule has 92 valence electrons. The number of halogens is 3. The molecule has 0 bridgehead atoms. The first-order chi connectivity index (χ1) is 8.01. The lowest BCUT2D eigenvalue weighted by Crippen LogP contribution is -2.17. The highest BCUT2D eigenvalue weighted by molar-refractivity contribution is 5.27. The first kappa shape index (κ1) is 13.3. The van der Waals surface area contributed by atoms with E-state index in [0.29, 0.717) is 19.5 Å². The molecule has 0 aliphatic heterocycles. The first-order valence-corrected chi connectivity index (χ1v) is 4.93. The van der Waals surface area contributed by atoms with Gasteiger partial charge in [0.05, 0.1) is 6.07 Å². The summed E-state index contributed by atoms with van der Waals surface area (Å²) in [5, 5.41) is 11.3. The van der Waals surface area contributed by atoms with Gasteiger partial charge in [0.2, 0.25) is 0 Å². The Bertz CT molecular complexity index is 381. The molecule has 1 rings (SSSR count). The monoisotopic (exact) mass is 244 g/mol. The summed E-state index contributed by atoms with van der Waals surface area (Å²) in [6.45, 7) is 1.06. The van der Waals surface area contributed by atoms with E-state index >= 15 is 0 Å². The third kappa shape index (κ3) is 5.78. The fourth-order valence-electron chi connectivity index (χ4n) is 1.19. The minimum Gasteiger partial charge on any atom is -0.406 e. The van der Waals surface area contributed by atoms with Gasteiger partial charge in [0, 0.05) is 19.5 Å². The predicted molar refractivity (Wildman–Crippen MR) is 55.1 cm³/mol. The van der Waals surface area contributed by atoms with Gasteiger partial charge in [-0.3, -0.25) is 0 Å². The highest BCUT2D eigenvalue weighted by Gasteiger charge is 2.30. The molecule has 0 amide bonds. The van der Waals surface area contributed by atoms with E-state index < -0.39 is 6.36 Å². The zero-order valence-corrected chi connectivity index (χ0v) is 8.92. The molecule has 0 radical (unpaired) electrons. The zero-order valence-electron chi connectivity index (χ0n) is 8.92. The quantitative estimate of drug-likeness (QED) is 0.810. The van der Waals surface area contributed by atoms with E-state index in [9.17, 15) is 13.2 Å². The minimum atomic E-state index is -4.66. The number of hydrogen-bond donors (Lipinski definition) is 1. The summed E-state index contributed by atoms with van der Waals surface area (Å²) in [5.74, 6) is -0.238. The molecule has 0 aliphatic carbocycles. The van der Waals surface area contributed by atoms with Crippen molar-refractivity contribution >= 4 is 0 Å². The number of rotatable bonds is 5. The maximum absolute atomic E-state index is 11.9. The van der Waals surface area contributed by atoms with Crippen LogP contribution in [0.25, 0.3) is 0 Å². The van der Waals surface area contributed by atoms with E-state index in [-0.39, 0.29) is 5.75 Å². The van der Waals surface area contributed by atoms with E-state index in [1.54, 1.807) is 12.1 Å². The molecule has 0 aromatic heterocycles. The van der Waals surface area contributed by atoms with Gasteiger partial charge in [-0.05, 0) is 17.7 Å². The van der Waals surface area contributed by atoms with E-state index in [1.165, 1.54) is 12.1 Å². The van der Waals surface area contributed by atoms with Crippen molar-refractivity contribution in [3.05, 3.63) is 29.8 Å². The fraction of sp³-hybridized carbons (Fsp3) is 0.364. The van der Waals surface area contributed by atoms with Crippen LogP contribution < -0.4 is 10.1 Å². The van der Waals surface area contributed by atoms with E-state index in [4.69, 9.17) is 5.26 Å². The SMILES string of the molecule is N#CCCNCc1ccc(OC(F)(F)F)cc1. The van der Waals surface area contributed by atoms with E-state index in [2.05, 4.69) is 10.1 Å². The number of hydrogen-bond acceptors (Lipinski definition) is 3. The molecule has 3 nitrogen and oxygen atoms in total. The average Bonchev–Trinajstić information content (AvgIpc) is 2.25. The molecule has 0 saturated heterocycles. The number of benzene rings is 1. The first-order valence-electron chi connectivity index (χ1n) is 4.93. The van der Waals surface area contributed by atoms with Crippen molar-refractivity contribution in [3.8, 4) is 11.8 Å². The smallest absolute Gasteiger partial charge is 0.406 e. The molecular weight excluding hydrogens is 233 g/mol. The minimum absolute atomic E-state index is 0.238. The van der Waals surface area contributed by atoms with Gasteiger partial charge in [-0.15, -0.1) is 13.2 Å². The molecule has 0 unspecified atom stereocenters. The maximum atomic E-state index is 11.9. The van der Waals surface area contributed by atoms with Crippen LogP contribution in [-0.4, -0.2) is 12.9 Å². The van der Waals surface area contributed by atoms with Crippen molar-refractivity contribution in [1.29, 1.82) is 5.26 Å². The molecule has 1 aromatic rings. The summed E-state index contributed by atoms with van der Waals surface area (Å²) < 4.78 is 39.3. The van der Waals surface area contributed by atoms with Gasteiger partial charge in [-0.1, -0.05) is 12.1 Å².